The zero-order valence-electron chi connectivity index (χ0n) is 19.6. The van der Waals surface area contributed by atoms with Gasteiger partial charge >= 0.3 is 0 Å². The van der Waals surface area contributed by atoms with Gasteiger partial charge in [0.25, 0.3) is 0 Å². The number of hydrogen-bond acceptors (Lipinski definition) is 7. The van der Waals surface area contributed by atoms with Crippen LogP contribution in [0.4, 0.5) is 5.69 Å². The van der Waals surface area contributed by atoms with E-state index in [2.05, 4.69) is 11.0 Å². The van der Waals surface area contributed by atoms with Crippen molar-refractivity contribution in [3.05, 3.63) is 35.9 Å². The number of aryl methyl sites for hydroxylation is 1. The van der Waals surface area contributed by atoms with E-state index in [1.165, 1.54) is 0 Å². The van der Waals surface area contributed by atoms with Gasteiger partial charge in [-0.1, -0.05) is 25.0 Å². The minimum atomic E-state index is -2.92. The lowest BCUT2D eigenvalue weighted by Crippen LogP contribution is -2.40. The first-order chi connectivity index (χ1) is 16.3. The second-order valence-electron chi connectivity index (χ2n) is 10.2. The number of sulfone groups is 1. The molecule has 0 bridgehead atoms. The highest BCUT2D eigenvalue weighted by molar-refractivity contribution is 7.91. The first-order valence-corrected chi connectivity index (χ1v) is 14.1. The number of carbonyl (C=O) groups excluding carboxylic acids is 1. The second-order valence-corrected chi connectivity index (χ2v) is 12.5. The van der Waals surface area contributed by atoms with Crippen LogP contribution in [0.2, 0.25) is 0 Å². The molecular formula is C26H31N3O4S. The van der Waals surface area contributed by atoms with Gasteiger partial charge in [0.1, 0.15) is 17.2 Å². The maximum absolute atomic E-state index is 13.3. The van der Waals surface area contributed by atoms with Crippen LogP contribution in [0.5, 0.6) is 0 Å². The Kier molecular flexibility index (Phi) is 6.01. The smallest absolute Gasteiger partial charge is 0.191 e. The van der Waals surface area contributed by atoms with E-state index in [0.29, 0.717) is 25.4 Å². The maximum Gasteiger partial charge on any atom is 0.191 e. The molecule has 2 aromatic rings. The molecule has 1 aliphatic heterocycles. The van der Waals surface area contributed by atoms with Crippen molar-refractivity contribution in [3.8, 4) is 17.3 Å². The molecule has 2 saturated carbocycles. The highest BCUT2D eigenvalue weighted by Crippen LogP contribution is 2.51. The molecule has 3 fully saturated rings. The summed E-state index contributed by atoms with van der Waals surface area (Å²) in [6, 6.07) is 10.4. The van der Waals surface area contributed by atoms with Crippen molar-refractivity contribution in [2.24, 2.45) is 11.3 Å². The summed E-state index contributed by atoms with van der Waals surface area (Å²) in [6.45, 7) is 2.85. The first kappa shape index (κ1) is 23.1. The molecule has 0 radical (unpaired) electrons. The Labute approximate surface area is 201 Å². The Morgan fingerprint density at radius 1 is 1.18 bits per heavy atom. The van der Waals surface area contributed by atoms with E-state index in [4.69, 9.17) is 9.40 Å². The molecule has 2 heterocycles. The molecule has 1 saturated heterocycles. The molecule has 0 N–H and O–H groups in total. The van der Waals surface area contributed by atoms with Gasteiger partial charge in [-0.25, -0.2) is 13.4 Å². The number of rotatable bonds is 6. The fourth-order valence-corrected chi connectivity index (χ4v) is 6.68. The third kappa shape index (κ3) is 4.63. The van der Waals surface area contributed by atoms with Crippen molar-refractivity contribution >= 4 is 21.3 Å². The molecule has 5 rings (SSSR count). The van der Waals surface area contributed by atoms with Crippen LogP contribution >= 0.6 is 0 Å². The number of carbonyl (C=O) groups is 1. The Bertz CT molecular complexity index is 1210. The number of aromatic nitrogens is 1. The Morgan fingerprint density at radius 3 is 2.50 bits per heavy atom. The fourth-order valence-electron chi connectivity index (χ4n) is 5.48. The Balaban J connectivity index is 1.38. The van der Waals surface area contributed by atoms with Crippen LogP contribution in [-0.4, -0.2) is 43.8 Å². The number of Topliss-reactive ketones (excluding diaryl/α,β-unsaturated/α-hetero) is 1. The predicted octanol–water partition coefficient (Wildman–Crippen LogP) is 4.42. The largest absolute Gasteiger partial charge is 0.445 e. The summed E-state index contributed by atoms with van der Waals surface area (Å²) in [5.41, 5.74) is 2.30. The van der Waals surface area contributed by atoms with Crippen LogP contribution in [0.3, 0.4) is 0 Å². The van der Waals surface area contributed by atoms with Gasteiger partial charge in [0.15, 0.2) is 15.7 Å². The molecule has 7 nitrogen and oxygen atoms in total. The van der Waals surface area contributed by atoms with Crippen molar-refractivity contribution < 1.29 is 17.6 Å². The third-order valence-electron chi connectivity index (χ3n) is 7.73. The third-order valence-corrected chi connectivity index (χ3v) is 9.34. The van der Waals surface area contributed by atoms with Crippen LogP contribution < -0.4 is 4.90 Å². The van der Waals surface area contributed by atoms with Crippen LogP contribution in [0.1, 0.15) is 62.5 Å². The highest BCUT2D eigenvalue weighted by atomic mass is 32.2. The molecular weight excluding hydrogens is 450 g/mol. The molecule has 0 amide bonds. The van der Waals surface area contributed by atoms with Gasteiger partial charge in [-0.2, -0.15) is 5.26 Å². The molecule has 0 unspecified atom stereocenters. The molecule has 2 aliphatic carbocycles. The van der Waals surface area contributed by atoms with Gasteiger partial charge in [-0.05, 0) is 37.8 Å². The molecule has 2 atom stereocenters. The van der Waals surface area contributed by atoms with Crippen molar-refractivity contribution in [1.29, 1.82) is 5.26 Å². The van der Waals surface area contributed by atoms with Gasteiger partial charge in [0.05, 0.1) is 23.0 Å². The topological polar surface area (TPSA) is 104 Å². The average Bonchev–Trinajstić information content (AvgIpc) is 3.50. The Morgan fingerprint density at radius 2 is 1.85 bits per heavy atom. The maximum atomic E-state index is 13.3. The van der Waals surface area contributed by atoms with E-state index < -0.39 is 15.3 Å². The molecule has 3 aliphatic rings. The summed E-state index contributed by atoms with van der Waals surface area (Å²) >= 11 is 0. The molecule has 0 spiro atoms. The van der Waals surface area contributed by atoms with E-state index >= 15 is 0 Å². The quantitative estimate of drug-likeness (QED) is 0.601. The monoisotopic (exact) mass is 481 g/mol. The molecule has 1 aromatic carbocycles. The lowest BCUT2D eigenvalue weighted by atomic mass is 9.73. The molecule has 180 valence electrons. The number of anilines is 1. The summed E-state index contributed by atoms with van der Waals surface area (Å²) in [5, 5.41) is 9.46. The van der Waals surface area contributed by atoms with Gasteiger partial charge in [-0.3, -0.25) is 4.79 Å². The van der Waals surface area contributed by atoms with E-state index in [1.54, 1.807) is 0 Å². The van der Waals surface area contributed by atoms with Gasteiger partial charge in [0.2, 0.25) is 0 Å². The normalized spacial score (nSPS) is 25.5. The number of oxazole rings is 1. The summed E-state index contributed by atoms with van der Waals surface area (Å²) in [5.74, 6) is 1.80. The van der Waals surface area contributed by atoms with Crippen LogP contribution in [-0.2, 0) is 14.6 Å². The predicted molar refractivity (Wildman–Crippen MR) is 129 cm³/mol. The minimum absolute atomic E-state index is 0.0149. The minimum Gasteiger partial charge on any atom is -0.445 e. The van der Waals surface area contributed by atoms with Crippen LogP contribution in [0, 0.1) is 29.6 Å². The highest BCUT2D eigenvalue weighted by Gasteiger charge is 2.47. The lowest BCUT2D eigenvalue weighted by molar-refractivity contribution is -0.125. The standard InChI is InChI=1S/C26H31N3O4S/c1-18-28-24(19-6-8-20(9-7-19)29-12-14-34(31,32)15-13-29)25(33-18)22-5-3-2-4-21(22)23(30)16-26(17-27)10-11-26/h6-9,21-22H,2-5,10-16H2,1H3/t21-,22-/m1/s1. The molecule has 34 heavy (non-hydrogen) atoms. The van der Waals surface area contributed by atoms with Crippen molar-refractivity contribution in [2.45, 2.75) is 57.8 Å². The number of benzene rings is 1. The van der Waals surface area contributed by atoms with Crippen molar-refractivity contribution in [3.63, 3.8) is 0 Å². The van der Waals surface area contributed by atoms with Gasteiger partial charge < -0.3 is 9.32 Å². The lowest BCUT2D eigenvalue weighted by Gasteiger charge is -2.30. The number of nitrogens with zero attached hydrogens (tertiary/aromatic N) is 3. The SMILES string of the molecule is Cc1nc(-c2ccc(N3CCS(=O)(=O)CC3)cc2)c([C@@H]2CCCC[C@H]2C(=O)CC2(C#N)CC2)o1. The van der Waals surface area contributed by atoms with E-state index in [0.717, 1.165) is 61.2 Å². The molecule has 8 heteroatoms. The van der Waals surface area contributed by atoms with Gasteiger partial charge in [0, 0.05) is 49.5 Å². The first-order valence-electron chi connectivity index (χ1n) is 12.3. The zero-order chi connectivity index (χ0) is 23.9. The van der Waals surface area contributed by atoms with Gasteiger partial charge in [-0.15, -0.1) is 0 Å². The second kappa shape index (κ2) is 8.84. The zero-order valence-corrected chi connectivity index (χ0v) is 20.4. The summed E-state index contributed by atoms with van der Waals surface area (Å²) < 4.78 is 29.6. The summed E-state index contributed by atoms with van der Waals surface area (Å²) in [4.78, 5) is 20.0. The molecule has 1 aromatic heterocycles. The number of hydrogen-bond donors (Lipinski definition) is 0. The number of ketones is 1. The van der Waals surface area contributed by atoms with Crippen LogP contribution in [0.15, 0.2) is 28.7 Å². The number of nitriles is 1. The van der Waals surface area contributed by atoms with E-state index in [1.807, 2.05) is 31.2 Å². The average molecular weight is 482 g/mol. The van der Waals surface area contributed by atoms with E-state index in [-0.39, 0.29) is 29.1 Å². The van der Waals surface area contributed by atoms with Crippen LogP contribution in [0.25, 0.3) is 11.3 Å². The summed E-state index contributed by atoms with van der Waals surface area (Å²) in [6.07, 6.45) is 5.80. The van der Waals surface area contributed by atoms with Crippen molar-refractivity contribution in [1.82, 2.24) is 4.98 Å². The summed E-state index contributed by atoms with van der Waals surface area (Å²) in [7, 11) is -2.92. The van der Waals surface area contributed by atoms with Crippen molar-refractivity contribution in [2.75, 3.05) is 29.5 Å². The fraction of sp³-hybridized carbons (Fsp3) is 0.577. The van der Waals surface area contributed by atoms with E-state index in [9.17, 15) is 18.5 Å². The Hall–Kier alpha value is -2.66.